The fourth-order valence-electron chi connectivity index (χ4n) is 2.78. The summed E-state index contributed by atoms with van der Waals surface area (Å²) in [4.78, 5) is 2.27. The molecule has 0 spiro atoms. The maximum atomic E-state index is 10.5. The van der Waals surface area contributed by atoms with Gasteiger partial charge >= 0.3 is 0 Å². The van der Waals surface area contributed by atoms with E-state index in [-0.39, 0.29) is 6.61 Å². The molecule has 0 fully saturated rings. The number of hydrogen-bond acceptors (Lipinski definition) is 4. The van der Waals surface area contributed by atoms with Gasteiger partial charge in [-0.05, 0) is 60.8 Å². The van der Waals surface area contributed by atoms with Crippen molar-refractivity contribution in [2.75, 3.05) is 26.8 Å². The second-order valence-corrected chi connectivity index (χ2v) is 7.62. The van der Waals surface area contributed by atoms with Crippen LogP contribution in [0.1, 0.15) is 25.8 Å². The number of ether oxygens (including phenoxy) is 2. The second-order valence-electron chi connectivity index (χ2n) is 7.19. The van der Waals surface area contributed by atoms with Crippen LogP contribution in [0.4, 0.5) is 0 Å². The van der Waals surface area contributed by atoms with Gasteiger partial charge in [-0.1, -0.05) is 37.6 Å². The molecular formula is C22H30ClNO3. The number of aliphatic hydroxyl groups is 1. The maximum Gasteiger partial charge on any atom is 0.119 e. The summed E-state index contributed by atoms with van der Waals surface area (Å²) in [6.45, 7) is 6.91. The Hall–Kier alpha value is -1.75. The molecule has 0 amide bonds. The van der Waals surface area contributed by atoms with E-state index in [1.165, 1.54) is 5.56 Å². The Morgan fingerprint density at radius 1 is 1.07 bits per heavy atom. The summed E-state index contributed by atoms with van der Waals surface area (Å²) in [5.41, 5.74) is 1.17. The number of halogens is 1. The van der Waals surface area contributed by atoms with E-state index in [0.29, 0.717) is 23.2 Å². The predicted molar refractivity (Wildman–Crippen MR) is 111 cm³/mol. The van der Waals surface area contributed by atoms with E-state index < -0.39 is 6.10 Å². The first-order chi connectivity index (χ1) is 13.0. The number of aliphatic hydroxyl groups excluding tert-OH is 1. The topological polar surface area (TPSA) is 41.9 Å². The van der Waals surface area contributed by atoms with Crippen molar-refractivity contribution in [2.24, 2.45) is 5.92 Å². The molecule has 1 N–H and O–H groups in total. The van der Waals surface area contributed by atoms with Crippen LogP contribution in [0, 0.1) is 5.92 Å². The van der Waals surface area contributed by atoms with E-state index in [9.17, 15) is 5.11 Å². The maximum absolute atomic E-state index is 10.5. The van der Waals surface area contributed by atoms with Crippen LogP contribution in [0.3, 0.4) is 0 Å². The van der Waals surface area contributed by atoms with Crippen LogP contribution in [-0.2, 0) is 6.54 Å². The van der Waals surface area contributed by atoms with Gasteiger partial charge in [-0.25, -0.2) is 0 Å². The molecule has 0 heterocycles. The molecule has 0 radical (unpaired) electrons. The highest BCUT2D eigenvalue weighted by atomic mass is 35.5. The van der Waals surface area contributed by atoms with Gasteiger partial charge in [0.25, 0.3) is 0 Å². The monoisotopic (exact) mass is 391 g/mol. The lowest BCUT2D eigenvalue weighted by molar-refractivity contribution is 0.0639. The minimum atomic E-state index is -0.571. The van der Waals surface area contributed by atoms with Crippen LogP contribution in [0.15, 0.2) is 48.5 Å². The third-order valence-corrected chi connectivity index (χ3v) is 4.54. The molecule has 27 heavy (non-hydrogen) atoms. The van der Waals surface area contributed by atoms with Crippen molar-refractivity contribution in [2.45, 2.75) is 32.9 Å². The van der Waals surface area contributed by atoms with Crippen molar-refractivity contribution in [1.29, 1.82) is 0 Å². The van der Waals surface area contributed by atoms with Gasteiger partial charge in [0, 0.05) is 18.1 Å². The van der Waals surface area contributed by atoms with Gasteiger partial charge in [-0.15, -0.1) is 0 Å². The number of nitrogens with zero attached hydrogens (tertiary/aromatic N) is 1. The van der Waals surface area contributed by atoms with Crippen LogP contribution >= 0.6 is 11.6 Å². The summed E-state index contributed by atoms with van der Waals surface area (Å²) in [6.07, 6.45) is 0.507. The molecule has 0 aliphatic carbocycles. The van der Waals surface area contributed by atoms with Crippen molar-refractivity contribution in [3.05, 3.63) is 59.1 Å². The van der Waals surface area contributed by atoms with Crippen LogP contribution in [0.2, 0.25) is 5.02 Å². The second kappa shape index (κ2) is 11.2. The number of methoxy groups -OCH3 is 1. The van der Waals surface area contributed by atoms with Gasteiger partial charge in [-0.3, -0.25) is 4.90 Å². The Kier molecular flexibility index (Phi) is 8.92. The Labute approximate surface area is 167 Å². The van der Waals surface area contributed by atoms with Crippen LogP contribution in [0.5, 0.6) is 11.5 Å². The average molecular weight is 392 g/mol. The molecule has 0 aliphatic rings. The van der Waals surface area contributed by atoms with Gasteiger partial charge in [0.2, 0.25) is 0 Å². The first-order valence-electron chi connectivity index (χ1n) is 9.38. The summed E-state index contributed by atoms with van der Waals surface area (Å²) in [5, 5.41) is 11.1. The Balaban J connectivity index is 1.92. The van der Waals surface area contributed by atoms with Crippen molar-refractivity contribution in [3.63, 3.8) is 0 Å². The SMILES string of the molecule is COc1cccc(CN(CCC(C)C)C[C@H](O)COc2ccc(Cl)cc2)c1. The largest absolute Gasteiger partial charge is 0.497 e. The smallest absolute Gasteiger partial charge is 0.119 e. The predicted octanol–water partition coefficient (Wildman–Crippen LogP) is 4.64. The van der Waals surface area contributed by atoms with Gasteiger partial charge in [0.1, 0.15) is 24.2 Å². The molecule has 2 aromatic rings. The molecule has 148 valence electrons. The number of hydrogen-bond donors (Lipinski definition) is 1. The summed E-state index contributed by atoms with van der Waals surface area (Å²) >= 11 is 5.88. The van der Waals surface area contributed by atoms with Gasteiger partial charge in [0.15, 0.2) is 0 Å². The lowest BCUT2D eigenvalue weighted by Crippen LogP contribution is -2.36. The first kappa shape index (κ1) is 21.5. The normalized spacial score (nSPS) is 12.4. The molecule has 2 aromatic carbocycles. The van der Waals surface area contributed by atoms with E-state index in [1.54, 1.807) is 19.2 Å². The standard InChI is InChI=1S/C22H30ClNO3/c1-17(2)11-12-24(14-18-5-4-6-22(13-18)26-3)15-20(25)16-27-21-9-7-19(23)8-10-21/h4-10,13,17,20,25H,11-12,14-16H2,1-3H3/t20-/m0/s1. The molecule has 0 bridgehead atoms. The Morgan fingerprint density at radius 3 is 2.48 bits per heavy atom. The van der Waals surface area contributed by atoms with E-state index in [1.807, 2.05) is 30.3 Å². The molecule has 2 rings (SSSR count). The van der Waals surface area contributed by atoms with E-state index in [0.717, 1.165) is 25.3 Å². The van der Waals surface area contributed by atoms with Gasteiger partial charge < -0.3 is 14.6 Å². The molecule has 0 aliphatic heterocycles. The third-order valence-electron chi connectivity index (χ3n) is 4.29. The molecular weight excluding hydrogens is 362 g/mol. The summed E-state index contributed by atoms with van der Waals surface area (Å²) in [5.74, 6) is 2.17. The van der Waals surface area contributed by atoms with Crippen LogP contribution in [-0.4, -0.2) is 42.9 Å². The summed E-state index contributed by atoms with van der Waals surface area (Å²) < 4.78 is 11.0. The highest BCUT2D eigenvalue weighted by Gasteiger charge is 2.14. The molecule has 0 saturated heterocycles. The third kappa shape index (κ3) is 8.21. The quantitative estimate of drug-likeness (QED) is 0.606. The fourth-order valence-corrected chi connectivity index (χ4v) is 2.90. The fraction of sp³-hybridized carbons (Fsp3) is 0.455. The molecule has 5 heteroatoms. The number of rotatable bonds is 11. The zero-order valence-corrected chi connectivity index (χ0v) is 17.2. The van der Waals surface area contributed by atoms with E-state index >= 15 is 0 Å². The first-order valence-corrected chi connectivity index (χ1v) is 9.75. The van der Waals surface area contributed by atoms with Crippen molar-refractivity contribution < 1.29 is 14.6 Å². The molecule has 0 aromatic heterocycles. The van der Waals surface area contributed by atoms with E-state index in [4.69, 9.17) is 21.1 Å². The zero-order chi connectivity index (χ0) is 19.6. The average Bonchev–Trinajstić information content (AvgIpc) is 2.66. The lowest BCUT2D eigenvalue weighted by Gasteiger charge is -2.26. The van der Waals surface area contributed by atoms with Crippen molar-refractivity contribution in [3.8, 4) is 11.5 Å². The molecule has 1 atom stereocenters. The Morgan fingerprint density at radius 2 is 1.81 bits per heavy atom. The summed E-state index contributed by atoms with van der Waals surface area (Å²) in [6, 6.07) is 15.2. The van der Waals surface area contributed by atoms with Crippen LogP contribution in [0.25, 0.3) is 0 Å². The summed E-state index contributed by atoms with van der Waals surface area (Å²) in [7, 11) is 1.67. The highest BCUT2D eigenvalue weighted by Crippen LogP contribution is 2.17. The molecule has 0 saturated carbocycles. The molecule has 4 nitrogen and oxygen atoms in total. The highest BCUT2D eigenvalue weighted by molar-refractivity contribution is 6.30. The number of benzene rings is 2. The van der Waals surface area contributed by atoms with Gasteiger partial charge in [0.05, 0.1) is 7.11 Å². The van der Waals surface area contributed by atoms with Crippen LogP contribution < -0.4 is 9.47 Å². The zero-order valence-electron chi connectivity index (χ0n) is 16.4. The van der Waals surface area contributed by atoms with Crippen molar-refractivity contribution in [1.82, 2.24) is 4.90 Å². The van der Waals surface area contributed by atoms with Crippen molar-refractivity contribution >= 4 is 11.6 Å². The lowest BCUT2D eigenvalue weighted by atomic mass is 10.1. The van der Waals surface area contributed by atoms with Gasteiger partial charge in [-0.2, -0.15) is 0 Å². The van der Waals surface area contributed by atoms with E-state index in [2.05, 4.69) is 24.8 Å². The molecule has 0 unspecified atom stereocenters. The minimum Gasteiger partial charge on any atom is -0.497 e. The Bertz CT molecular complexity index is 676. The minimum absolute atomic E-state index is 0.248.